The molecule has 2 N–H and O–H groups in total. The molecule has 0 saturated carbocycles. The average Bonchev–Trinajstić information content (AvgIpc) is 3.04. The summed E-state index contributed by atoms with van der Waals surface area (Å²) in [5, 5.41) is 10.4. The highest BCUT2D eigenvalue weighted by molar-refractivity contribution is 5.92. The number of benzene rings is 1. The zero-order chi connectivity index (χ0) is 19.2. The maximum absolute atomic E-state index is 12.3. The van der Waals surface area contributed by atoms with Gasteiger partial charge in [-0.1, -0.05) is 6.07 Å². The second kappa shape index (κ2) is 10.2. The molecule has 0 radical (unpaired) electrons. The number of anilines is 1. The van der Waals surface area contributed by atoms with Crippen molar-refractivity contribution in [3.63, 3.8) is 0 Å². The third-order valence-electron chi connectivity index (χ3n) is 4.31. The van der Waals surface area contributed by atoms with Crippen molar-refractivity contribution in [3.8, 4) is 5.69 Å². The average molecular weight is 409 g/mol. The van der Waals surface area contributed by atoms with E-state index in [0.29, 0.717) is 43.2 Å². The number of ether oxygens (including phenoxy) is 2. The van der Waals surface area contributed by atoms with Gasteiger partial charge in [-0.3, -0.25) is 4.79 Å². The molecular formula is C19H25ClN4O4. The summed E-state index contributed by atoms with van der Waals surface area (Å²) in [6.45, 7) is 5.85. The highest BCUT2D eigenvalue weighted by atomic mass is 35.5. The van der Waals surface area contributed by atoms with E-state index in [4.69, 9.17) is 9.47 Å². The predicted octanol–water partition coefficient (Wildman–Crippen LogP) is 2.10. The minimum atomic E-state index is -0.395. The van der Waals surface area contributed by atoms with Crippen LogP contribution < -0.4 is 10.6 Å². The zero-order valence-electron chi connectivity index (χ0n) is 15.9. The fourth-order valence-electron chi connectivity index (χ4n) is 2.98. The Kier molecular flexibility index (Phi) is 7.98. The number of hydrogen-bond donors (Lipinski definition) is 2. The van der Waals surface area contributed by atoms with Gasteiger partial charge in [-0.05, 0) is 32.0 Å². The minimum absolute atomic E-state index is 0. The number of aromatic nitrogens is 2. The van der Waals surface area contributed by atoms with Crippen molar-refractivity contribution >= 4 is 30.0 Å². The Morgan fingerprint density at radius 3 is 2.96 bits per heavy atom. The second-order valence-electron chi connectivity index (χ2n) is 6.30. The molecule has 2 aromatic rings. The number of rotatable bonds is 6. The molecule has 1 fully saturated rings. The van der Waals surface area contributed by atoms with Crippen molar-refractivity contribution in [2.75, 3.05) is 31.7 Å². The molecule has 1 aromatic carbocycles. The van der Waals surface area contributed by atoms with Crippen LogP contribution in [0.25, 0.3) is 5.69 Å². The van der Waals surface area contributed by atoms with Crippen LogP contribution in [0.3, 0.4) is 0 Å². The van der Waals surface area contributed by atoms with Gasteiger partial charge >= 0.3 is 5.97 Å². The SMILES string of the molecule is CCOC(=O)c1cnn(-c2cccc(NC(=O)CC3COCCN3)c2)c1C.Cl. The van der Waals surface area contributed by atoms with Crippen LogP contribution in [-0.2, 0) is 14.3 Å². The molecule has 1 amide bonds. The van der Waals surface area contributed by atoms with Crippen molar-refractivity contribution in [1.29, 1.82) is 0 Å². The molecule has 9 heteroatoms. The molecule has 1 saturated heterocycles. The van der Waals surface area contributed by atoms with E-state index in [2.05, 4.69) is 15.7 Å². The number of hydrogen-bond acceptors (Lipinski definition) is 6. The molecule has 1 aromatic heterocycles. The Labute approximate surface area is 170 Å². The summed E-state index contributed by atoms with van der Waals surface area (Å²) in [5.74, 6) is -0.479. The van der Waals surface area contributed by atoms with Gasteiger partial charge in [-0.15, -0.1) is 12.4 Å². The van der Waals surface area contributed by atoms with Crippen molar-refractivity contribution < 1.29 is 19.1 Å². The molecular weight excluding hydrogens is 384 g/mol. The van der Waals surface area contributed by atoms with E-state index in [9.17, 15) is 9.59 Å². The number of nitrogens with zero attached hydrogens (tertiary/aromatic N) is 2. The van der Waals surface area contributed by atoms with Gasteiger partial charge in [-0.2, -0.15) is 5.10 Å². The highest BCUT2D eigenvalue weighted by Crippen LogP contribution is 2.19. The molecule has 0 spiro atoms. The van der Waals surface area contributed by atoms with Crippen LogP contribution in [0.15, 0.2) is 30.5 Å². The normalized spacial score (nSPS) is 16.1. The lowest BCUT2D eigenvalue weighted by molar-refractivity contribution is -0.117. The van der Waals surface area contributed by atoms with Crippen LogP contribution in [0.1, 0.15) is 29.4 Å². The van der Waals surface area contributed by atoms with Gasteiger partial charge in [0.2, 0.25) is 5.91 Å². The third kappa shape index (κ3) is 5.31. The Hall–Kier alpha value is -2.42. The summed E-state index contributed by atoms with van der Waals surface area (Å²) in [6.07, 6.45) is 1.84. The Bertz CT molecular complexity index is 818. The number of esters is 1. The number of halogens is 1. The van der Waals surface area contributed by atoms with E-state index in [1.807, 2.05) is 24.3 Å². The van der Waals surface area contributed by atoms with Gasteiger partial charge in [0.25, 0.3) is 0 Å². The molecule has 1 unspecified atom stereocenters. The first kappa shape index (κ1) is 21.9. The Morgan fingerprint density at radius 2 is 2.25 bits per heavy atom. The monoisotopic (exact) mass is 408 g/mol. The van der Waals surface area contributed by atoms with E-state index >= 15 is 0 Å². The fraction of sp³-hybridized carbons (Fsp3) is 0.421. The topological polar surface area (TPSA) is 94.5 Å². The van der Waals surface area contributed by atoms with Crippen LogP contribution in [0.5, 0.6) is 0 Å². The summed E-state index contributed by atoms with van der Waals surface area (Å²) >= 11 is 0. The quantitative estimate of drug-likeness (QED) is 0.711. The standard InChI is InChI=1S/C19H24N4O4.ClH/c1-3-27-19(25)17-11-21-23(13(17)2)16-6-4-5-14(9-16)22-18(24)10-15-12-26-8-7-20-15;/h4-6,9,11,15,20H,3,7-8,10,12H2,1-2H3,(H,22,24);1H. The van der Waals surface area contributed by atoms with Gasteiger partial charge in [0.1, 0.15) is 5.56 Å². The van der Waals surface area contributed by atoms with Crippen LogP contribution in [0.4, 0.5) is 5.69 Å². The van der Waals surface area contributed by atoms with Crippen molar-refractivity contribution in [1.82, 2.24) is 15.1 Å². The maximum Gasteiger partial charge on any atom is 0.341 e. The van der Waals surface area contributed by atoms with Crippen LogP contribution >= 0.6 is 12.4 Å². The summed E-state index contributed by atoms with van der Waals surface area (Å²) in [4.78, 5) is 24.2. The van der Waals surface area contributed by atoms with Crippen LogP contribution in [0.2, 0.25) is 0 Å². The second-order valence-corrected chi connectivity index (χ2v) is 6.30. The minimum Gasteiger partial charge on any atom is -0.462 e. The molecule has 28 heavy (non-hydrogen) atoms. The number of carbonyl (C=O) groups is 2. The van der Waals surface area contributed by atoms with Crippen molar-refractivity contribution in [3.05, 3.63) is 41.7 Å². The van der Waals surface area contributed by atoms with Crippen molar-refractivity contribution in [2.45, 2.75) is 26.3 Å². The van der Waals surface area contributed by atoms with Gasteiger partial charge in [0.05, 0.1) is 37.4 Å². The van der Waals surface area contributed by atoms with E-state index in [1.54, 1.807) is 18.5 Å². The van der Waals surface area contributed by atoms with Crippen LogP contribution in [-0.4, -0.2) is 54.1 Å². The lowest BCUT2D eigenvalue weighted by Crippen LogP contribution is -2.43. The number of amides is 1. The van der Waals surface area contributed by atoms with Crippen LogP contribution in [0, 0.1) is 6.92 Å². The summed E-state index contributed by atoms with van der Waals surface area (Å²) in [6, 6.07) is 7.36. The molecule has 0 bridgehead atoms. The number of nitrogens with one attached hydrogen (secondary N) is 2. The molecule has 1 aliphatic rings. The zero-order valence-corrected chi connectivity index (χ0v) is 16.8. The Balaban J connectivity index is 0.00000280. The molecule has 152 valence electrons. The smallest absolute Gasteiger partial charge is 0.341 e. The number of carbonyl (C=O) groups excluding carboxylic acids is 2. The predicted molar refractivity (Wildman–Crippen MR) is 107 cm³/mol. The molecule has 1 aliphatic heterocycles. The first-order chi connectivity index (χ1) is 13.1. The first-order valence-corrected chi connectivity index (χ1v) is 9.01. The fourth-order valence-corrected chi connectivity index (χ4v) is 2.98. The first-order valence-electron chi connectivity index (χ1n) is 9.01. The van der Waals surface area contributed by atoms with Gasteiger partial charge in [0.15, 0.2) is 0 Å². The molecule has 2 heterocycles. The van der Waals surface area contributed by atoms with Gasteiger partial charge in [0, 0.05) is 24.7 Å². The largest absolute Gasteiger partial charge is 0.462 e. The Morgan fingerprint density at radius 1 is 1.43 bits per heavy atom. The third-order valence-corrected chi connectivity index (χ3v) is 4.31. The molecule has 8 nitrogen and oxygen atoms in total. The van der Waals surface area contributed by atoms with Gasteiger partial charge < -0.3 is 20.1 Å². The van der Waals surface area contributed by atoms with Gasteiger partial charge in [-0.25, -0.2) is 9.48 Å². The molecule has 1 atom stereocenters. The lowest BCUT2D eigenvalue weighted by Gasteiger charge is -2.23. The summed E-state index contributed by atoms with van der Waals surface area (Å²) in [7, 11) is 0. The summed E-state index contributed by atoms with van der Waals surface area (Å²) < 4.78 is 12.1. The van der Waals surface area contributed by atoms with E-state index in [1.165, 1.54) is 6.20 Å². The van der Waals surface area contributed by atoms with Crippen molar-refractivity contribution in [2.24, 2.45) is 0 Å². The molecule has 0 aliphatic carbocycles. The van der Waals surface area contributed by atoms with E-state index in [0.717, 1.165) is 12.2 Å². The number of morpholine rings is 1. The lowest BCUT2D eigenvalue weighted by atomic mass is 10.2. The highest BCUT2D eigenvalue weighted by Gasteiger charge is 2.18. The maximum atomic E-state index is 12.3. The van der Waals surface area contributed by atoms with E-state index in [-0.39, 0.29) is 24.4 Å². The molecule has 3 rings (SSSR count). The van der Waals surface area contributed by atoms with E-state index < -0.39 is 5.97 Å². The summed E-state index contributed by atoms with van der Waals surface area (Å²) in [5.41, 5.74) is 2.52.